The Morgan fingerprint density at radius 1 is 1.35 bits per heavy atom. The third-order valence-corrected chi connectivity index (χ3v) is 5.70. The third kappa shape index (κ3) is 2.79. The number of nitro groups is 1. The Hall–Kier alpha value is -1.57. The number of thiazole rings is 1. The first kappa shape index (κ1) is 14.8. The molecule has 2 aromatic rings. The molecule has 2 N–H and O–H groups in total. The van der Waals surface area contributed by atoms with Crippen LogP contribution in [-0.2, 0) is 19.9 Å². The van der Waals surface area contributed by atoms with E-state index in [-0.39, 0.29) is 4.96 Å². The number of rotatable bonds is 5. The van der Waals surface area contributed by atoms with Crippen molar-refractivity contribution < 1.29 is 21.8 Å². The molecule has 0 aliphatic carbocycles. The van der Waals surface area contributed by atoms with Gasteiger partial charge in [-0.15, -0.1) is 0 Å². The Morgan fingerprint density at radius 3 is 2.55 bits per heavy atom. The number of sulfone groups is 1. The van der Waals surface area contributed by atoms with E-state index in [4.69, 9.17) is 5.14 Å². The highest BCUT2D eigenvalue weighted by atomic mass is 32.2. The molecule has 0 aliphatic rings. The Balaban J connectivity index is 2.54. The molecule has 110 valence electrons. The molecule has 0 amide bonds. The molecule has 10 nitrogen and oxygen atoms in total. The fourth-order valence-electron chi connectivity index (χ4n) is 1.45. The topological polar surface area (TPSA) is 155 Å². The van der Waals surface area contributed by atoms with Crippen molar-refractivity contribution in [3.63, 3.8) is 0 Å². The zero-order chi connectivity index (χ0) is 15.1. The Kier molecular flexibility index (Phi) is 3.53. The monoisotopic (exact) mass is 340 g/mol. The van der Waals surface area contributed by atoms with Crippen LogP contribution in [0.1, 0.15) is 0 Å². The van der Waals surface area contributed by atoms with Gasteiger partial charge < -0.3 is 10.1 Å². The quantitative estimate of drug-likeness (QED) is 0.561. The number of imidazole rings is 1. The molecule has 0 atom stereocenters. The largest absolute Gasteiger partial charge is 0.367 e. The Labute approximate surface area is 117 Å². The van der Waals surface area contributed by atoms with E-state index >= 15 is 0 Å². The maximum absolute atomic E-state index is 12.0. The minimum Gasteiger partial charge on any atom is -0.358 e. The molecule has 0 radical (unpaired) electrons. The first-order valence-corrected chi connectivity index (χ1v) is 9.20. The predicted octanol–water partition coefficient (Wildman–Crippen LogP) is -0.634. The highest BCUT2D eigenvalue weighted by Crippen LogP contribution is 2.28. The van der Waals surface area contributed by atoms with Gasteiger partial charge in [0.05, 0.1) is 11.5 Å². The maximum Gasteiger partial charge on any atom is 0.367 e. The molecule has 20 heavy (non-hydrogen) atoms. The second-order valence-corrected chi connectivity index (χ2v) is 8.37. The molecule has 0 aliphatic heterocycles. The molecule has 0 saturated carbocycles. The molecule has 13 heteroatoms. The summed E-state index contributed by atoms with van der Waals surface area (Å²) >= 11 is 1.02. The number of fused-ring (bicyclic) bond motifs is 1. The van der Waals surface area contributed by atoms with E-state index < -0.39 is 47.1 Å². The smallest absolute Gasteiger partial charge is 0.358 e. The lowest BCUT2D eigenvalue weighted by atomic mass is 10.7. The lowest BCUT2D eigenvalue weighted by Gasteiger charge is -2.00. The van der Waals surface area contributed by atoms with Gasteiger partial charge in [-0.25, -0.2) is 22.0 Å². The van der Waals surface area contributed by atoms with Crippen LogP contribution in [0.15, 0.2) is 16.6 Å². The Morgan fingerprint density at radius 2 is 2.00 bits per heavy atom. The lowest BCUT2D eigenvalue weighted by molar-refractivity contribution is -0.393. The van der Waals surface area contributed by atoms with Crippen LogP contribution in [0.3, 0.4) is 0 Å². The summed E-state index contributed by atoms with van der Waals surface area (Å²) in [5.74, 6) is -2.41. The van der Waals surface area contributed by atoms with Crippen molar-refractivity contribution >= 4 is 42.0 Å². The summed E-state index contributed by atoms with van der Waals surface area (Å²) in [6.07, 6.45) is 1.31. The summed E-state index contributed by atoms with van der Waals surface area (Å²) in [6.45, 7) is 0. The number of nitrogens with zero attached hydrogens (tertiary/aromatic N) is 3. The van der Waals surface area contributed by atoms with Gasteiger partial charge in [-0.3, -0.25) is 0 Å². The fourth-order valence-corrected chi connectivity index (χ4v) is 4.90. The second kappa shape index (κ2) is 4.76. The van der Waals surface area contributed by atoms with E-state index in [1.807, 2.05) is 0 Å². The van der Waals surface area contributed by atoms with Crippen molar-refractivity contribution in [3.8, 4) is 0 Å². The summed E-state index contributed by atoms with van der Waals surface area (Å²) in [5.41, 5.74) is 0. The summed E-state index contributed by atoms with van der Waals surface area (Å²) in [5, 5.41) is 16.5. The van der Waals surface area contributed by atoms with Crippen LogP contribution in [0.25, 0.3) is 4.96 Å². The van der Waals surface area contributed by atoms with E-state index in [1.165, 1.54) is 11.6 Å². The third-order valence-electron chi connectivity index (χ3n) is 2.31. The van der Waals surface area contributed by atoms with Crippen molar-refractivity contribution in [2.24, 2.45) is 5.14 Å². The standard InChI is InChI=1S/C7H8N4O6S3/c8-20(16,17)4-3-19(14,15)5-6(11(12)13)10-1-2-18-7(10)9-5/h1-2H,3-4H2,(H2,8,16,17). The van der Waals surface area contributed by atoms with E-state index in [2.05, 4.69) is 4.98 Å². The molecule has 0 fully saturated rings. The van der Waals surface area contributed by atoms with Crippen LogP contribution in [-0.4, -0.2) is 42.6 Å². The average Bonchev–Trinajstić information content (AvgIpc) is 2.84. The first-order valence-electron chi connectivity index (χ1n) is 4.95. The molecular formula is C7H8N4O6S3. The number of primary sulfonamides is 1. The normalized spacial score (nSPS) is 12.8. The Bertz CT molecular complexity index is 877. The van der Waals surface area contributed by atoms with E-state index in [0.717, 1.165) is 15.7 Å². The molecular weight excluding hydrogens is 332 g/mol. The molecule has 2 rings (SSSR count). The minimum absolute atomic E-state index is 0.130. The second-order valence-electron chi connectivity index (χ2n) is 3.74. The zero-order valence-corrected chi connectivity index (χ0v) is 12.1. The lowest BCUT2D eigenvalue weighted by Crippen LogP contribution is -2.23. The van der Waals surface area contributed by atoms with Crippen LogP contribution in [0.5, 0.6) is 0 Å². The van der Waals surface area contributed by atoms with Gasteiger partial charge in [0.1, 0.15) is 6.20 Å². The molecule has 2 heterocycles. The van der Waals surface area contributed by atoms with Gasteiger partial charge in [-0.2, -0.15) is 9.38 Å². The number of hydrogen-bond acceptors (Lipinski definition) is 8. The predicted molar refractivity (Wildman–Crippen MR) is 69.8 cm³/mol. The van der Waals surface area contributed by atoms with Crippen LogP contribution in [0.2, 0.25) is 0 Å². The highest BCUT2D eigenvalue weighted by Gasteiger charge is 2.33. The van der Waals surface area contributed by atoms with E-state index in [1.54, 1.807) is 0 Å². The van der Waals surface area contributed by atoms with E-state index in [0.29, 0.717) is 0 Å². The van der Waals surface area contributed by atoms with Gasteiger partial charge in [0.2, 0.25) is 19.9 Å². The SMILES string of the molecule is NS(=O)(=O)CCS(=O)(=O)c1nc2sccn2c1[N+](=O)[O-]. The number of sulfonamides is 1. The maximum atomic E-state index is 12.0. The van der Waals surface area contributed by atoms with Crippen molar-refractivity contribution in [2.75, 3.05) is 11.5 Å². The van der Waals surface area contributed by atoms with Crippen molar-refractivity contribution in [1.82, 2.24) is 9.38 Å². The number of aromatic nitrogens is 2. The van der Waals surface area contributed by atoms with Gasteiger partial charge in [0.25, 0.3) is 9.99 Å². The van der Waals surface area contributed by atoms with Crippen LogP contribution in [0.4, 0.5) is 5.82 Å². The molecule has 2 aromatic heterocycles. The summed E-state index contributed by atoms with van der Waals surface area (Å²) in [4.78, 5) is 13.9. The zero-order valence-electron chi connectivity index (χ0n) is 9.66. The van der Waals surface area contributed by atoms with Crippen molar-refractivity contribution in [2.45, 2.75) is 5.03 Å². The van der Waals surface area contributed by atoms with Crippen molar-refractivity contribution in [1.29, 1.82) is 0 Å². The molecule has 0 aromatic carbocycles. The highest BCUT2D eigenvalue weighted by molar-refractivity contribution is 7.94. The molecule has 0 unspecified atom stereocenters. The van der Waals surface area contributed by atoms with Crippen molar-refractivity contribution in [3.05, 3.63) is 21.7 Å². The van der Waals surface area contributed by atoms with Gasteiger partial charge in [0, 0.05) is 5.38 Å². The summed E-state index contributed by atoms with van der Waals surface area (Å²) in [6, 6.07) is 0. The van der Waals surface area contributed by atoms with Gasteiger partial charge in [-0.05, 0) is 4.92 Å². The van der Waals surface area contributed by atoms with Gasteiger partial charge in [-0.1, -0.05) is 11.3 Å². The molecule has 0 saturated heterocycles. The van der Waals surface area contributed by atoms with Crippen LogP contribution in [0, 0.1) is 10.1 Å². The van der Waals surface area contributed by atoms with E-state index in [9.17, 15) is 26.9 Å². The molecule has 0 spiro atoms. The van der Waals surface area contributed by atoms with Gasteiger partial charge in [0.15, 0.2) is 0 Å². The first-order chi connectivity index (χ1) is 9.12. The summed E-state index contributed by atoms with van der Waals surface area (Å²) < 4.78 is 46.6. The summed E-state index contributed by atoms with van der Waals surface area (Å²) in [7, 11) is -8.22. The number of nitrogens with two attached hydrogens (primary N) is 1. The van der Waals surface area contributed by atoms with Crippen LogP contribution >= 0.6 is 11.3 Å². The van der Waals surface area contributed by atoms with Gasteiger partial charge >= 0.3 is 5.82 Å². The average molecular weight is 340 g/mol. The minimum atomic E-state index is -4.23. The van der Waals surface area contributed by atoms with Crippen LogP contribution < -0.4 is 5.14 Å². The fraction of sp³-hybridized carbons (Fsp3) is 0.286. The molecule has 0 bridgehead atoms. The number of hydrogen-bond donors (Lipinski definition) is 1.